The largest absolute Gasteiger partial charge is 0.381 e. The minimum absolute atomic E-state index is 0.164. The third-order valence-corrected chi connectivity index (χ3v) is 6.20. The van der Waals surface area contributed by atoms with E-state index in [-0.39, 0.29) is 12.0 Å². The normalized spacial score (nSPS) is 33.1. The van der Waals surface area contributed by atoms with E-state index in [1.54, 1.807) is 0 Å². The van der Waals surface area contributed by atoms with Gasteiger partial charge in [0.2, 0.25) is 5.91 Å². The molecule has 0 aliphatic carbocycles. The van der Waals surface area contributed by atoms with Gasteiger partial charge in [-0.15, -0.1) is 0 Å². The van der Waals surface area contributed by atoms with Crippen LogP contribution in [0.5, 0.6) is 0 Å². The highest BCUT2D eigenvalue weighted by atomic mass is 16.5. The molecule has 0 aromatic heterocycles. The number of hydrogen-bond donors (Lipinski definition) is 0. The number of hydrogen-bond acceptors (Lipinski definition) is 5. The van der Waals surface area contributed by atoms with Crippen LogP contribution in [0.1, 0.15) is 25.7 Å². The van der Waals surface area contributed by atoms with Crippen molar-refractivity contribution in [2.75, 3.05) is 65.6 Å². The molecule has 24 heavy (non-hydrogen) atoms. The number of ether oxygens (including phenoxy) is 2. The van der Waals surface area contributed by atoms with Gasteiger partial charge in [0.05, 0.1) is 18.8 Å². The van der Waals surface area contributed by atoms with Gasteiger partial charge in [-0.05, 0) is 38.8 Å². The molecular weight excluding hydrogens is 306 g/mol. The maximum absolute atomic E-state index is 12.8. The van der Waals surface area contributed by atoms with E-state index in [4.69, 9.17) is 9.47 Å². The molecule has 136 valence electrons. The summed E-state index contributed by atoms with van der Waals surface area (Å²) in [6, 6.07) is 0.394. The van der Waals surface area contributed by atoms with Crippen LogP contribution in [0.15, 0.2) is 0 Å². The van der Waals surface area contributed by atoms with Crippen LogP contribution in [0.25, 0.3) is 0 Å². The van der Waals surface area contributed by atoms with Gasteiger partial charge in [-0.2, -0.15) is 0 Å². The second-order valence-corrected chi connectivity index (χ2v) is 7.69. The highest BCUT2D eigenvalue weighted by Gasteiger charge is 2.43. The zero-order chi connectivity index (χ0) is 16.4. The number of carbonyl (C=O) groups excluding carboxylic acids is 1. The lowest BCUT2D eigenvalue weighted by atomic mass is 9.99. The summed E-state index contributed by atoms with van der Waals surface area (Å²) in [5, 5.41) is 0. The van der Waals surface area contributed by atoms with Crippen LogP contribution in [0.4, 0.5) is 0 Å². The maximum Gasteiger partial charge on any atom is 0.226 e. The fourth-order valence-corrected chi connectivity index (χ4v) is 4.69. The molecule has 0 saturated carbocycles. The average molecular weight is 337 g/mol. The third-order valence-electron chi connectivity index (χ3n) is 6.20. The predicted molar refractivity (Wildman–Crippen MR) is 90.9 cm³/mol. The minimum Gasteiger partial charge on any atom is -0.381 e. The minimum atomic E-state index is 0.164. The smallest absolute Gasteiger partial charge is 0.226 e. The number of carbonyl (C=O) groups is 1. The van der Waals surface area contributed by atoms with Gasteiger partial charge in [0.25, 0.3) is 0 Å². The Hall–Kier alpha value is -0.690. The van der Waals surface area contributed by atoms with Crippen molar-refractivity contribution in [2.24, 2.45) is 5.92 Å². The predicted octanol–water partition coefficient (Wildman–Crippen LogP) is 0.420. The highest BCUT2D eigenvalue weighted by molar-refractivity contribution is 5.79. The zero-order valence-corrected chi connectivity index (χ0v) is 14.7. The summed E-state index contributed by atoms with van der Waals surface area (Å²) in [5.74, 6) is 0.493. The molecular formula is C18H31N3O3. The first-order valence-electron chi connectivity index (χ1n) is 9.76. The Kier molecular flexibility index (Phi) is 5.37. The molecule has 4 saturated heterocycles. The van der Waals surface area contributed by atoms with Gasteiger partial charge >= 0.3 is 0 Å². The average Bonchev–Trinajstić information content (AvgIpc) is 3.29. The van der Waals surface area contributed by atoms with E-state index in [9.17, 15) is 4.79 Å². The first-order chi connectivity index (χ1) is 11.8. The van der Waals surface area contributed by atoms with Crippen molar-refractivity contribution in [2.45, 2.75) is 37.8 Å². The van der Waals surface area contributed by atoms with Gasteiger partial charge < -0.3 is 19.3 Å². The lowest BCUT2D eigenvalue weighted by molar-refractivity contribution is -0.137. The van der Waals surface area contributed by atoms with E-state index in [1.165, 1.54) is 25.9 Å². The van der Waals surface area contributed by atoms with E-state index < -0.39 is 0 Å². The van der Waals surface area contributed by atoms with Gasteiger partial charge in [-0.3, -0.25) is 9.69 Å². The molecule has 4 rings (SSSR count). The monoisotopic (exact) mass is 337 g/mol. The summed E-state index contributed by atoms with van der Waals surface area (Å²) in [6.07, 6.45) is 4.67. The van der Waals surface area contributed by atoms with Crippen molar-refractivity contribution >= 4 is 5.91 Å². The second-order valence-electron chi connectivity index (χ2n) is 7.69. The Bertz CT molecular complexity index is 435. The summed E-state index contributed by atoms with van der Waals surface area (Å²) in [4.78, 5) is 20.0. The van der Waals surface area contributed by atoms with Crippen LogP contribution < -0.4 is 0 Å². The van der Waals surface area contributed by atoms with Gasteiger partial charge in [0, 0.05) is 51.9 Å². The maximum atomic E-state index is 12.8. The van der Waals surface area contributed by atoms with E-state index in [2.05, 4.69) is 14.7 Å². The first-order valence-corrected chi connectivity index (χ1v) is 9.76. The second kappa shape index (κ2) is 7.68. The molecule has 0 radical (unpaired) electrons. The SMILES string of the molecule is O=C(C1CCOCC1)N1C[C@@H]2OCCN(CCN3CCCC3)[C@@H]2C1. The highest BCUT2D eigenvalue weighted by Crippen LogP contribution is 2.26. The zero-order valence-electron chi connectivity index (χ0n) is 14.7. The Morgan fingerprint density at radius 1 is 0.958 bits per heavy atom. The summed E-state index contributed by atoms with van der Waals surface area (Å²) < 4.78 is 11.4. The van der Waals surface area contributed by atoms with Gasteiger partial charge in [-0.1, -0.05) is 0 Å². The quantitative estimate of drug-likeness (QED) is 0.744. The number of nitrogens with zero attached hydrogens (tertiary/aromatic N) is 3. The van der Waals surface area contributed by atoms with E-state index in [0.717, 1.165) is 65.4 Å². The van der Waals surface area contributed by atoms with Crippen molar-refractivity contribution in [3.8, 4) is 0 Å². The Balaban J connectivity index is 1.32. The molecule has 0 aromatic carbocycles. The Labute approximate surface area is 145 Å². The topological polar surface area (TPSA) is 45.2 Å². The Morgan fingerprint density at radius 2 is 1.75 bits per heavy atom. The van der Waals surface area contributed by atoms with Crippen molar-refractivity contribution in [3.63, 3.8) is 0 Å². The van der Waals surface area contributed by atoms with Gasteiger partial charge in [0.1, 0.15) is 0 Å². The summed E-state index contributed by atoms with van der Waals surface area (Å²) in [5.41, 5.74) is 0. The molecule has 4 heterocycles. The number of likely N-dealkylation sites (tertiary alicyclic amines) is 2. The molecule has 4 aliphatic heterocycles. The van der Waals surface area contributed by atoms with E-state index in [0.29, 0.717) is 11.9 Å². The van der Waals surface area contributed by atoms with Gasteiger partial charge in [-0.25, -0.2) is 0 Å². The van der Waals surface area contributed by atoms with Crippen LogP contribution in [-0.2, 0) is 14.3 Å². The molecule has 0 N–H and O–H groups in total. The van der Waals surface area contributed by atoms with E-state index in [1.807, 2.05) is 0 Å². The molecule has 4 aliphatic rings. The molecule has 6 nitrogen and oxygen atoms in total. The van der Waals surface area contributed by atoms with Crippen LogP contribution in [-0.4, -0.2) is 98.4 Å². The van der Waals surface area contributed by atoms with Crippen molar-refractivity contribution < 1.29 is 14.3 Å². The molecule has 0 aromatic rings. The van der Waals surface area contributed by atoms with Crippen molar-refractivity contribution in [1.82, 2.24) is 14.7 Å². The molecule has 1 amide bonds. The summed E-state index contributed by atoms with van der Waals surface area (Å²) >= 11 is 0. The first kappa shape index (κ1) is 16.8. The van der Waals surface area contributed by atoms with Crippen LogP contribution in [0.3, 0.4) is 0 Å². The summed E-state index contributed by atoms with van der Waals surface area (Å²) in [6.45, 7) is 9.70. The Morgan fingerprint density at radius 3 is 2.54 bits per heavy atom. The fourth-order valence-electron chi connectivity index (χ4n) is 4.69. The molecule has 2 atom stereocenters. The van der Waals surface area contributed by atoms with Gasteiger partial charge in [0.15, 0.2) is 0 Å². The van der Waals surface area contributed by atoms with Crippen LogP contribution in [0, 0.1) is 5.92 Å². The van der Waals surface area contributed by atoms with Crippen molar-refractivity contribution in [1.29, 1.82) is 0 Å². The number of morpholine rings is 1. The number of fused-ring (bicyclic) bond motifs is 1. The summed E-state index contributed by atoms with van der Waals surface area (Å²) in [7, 11) is 0. The van der Waals surface area contributed by atoms with Crippen LogP contribution in [0.2, 0.25) is 0 Å². The molecule has 4 fully saturated rings. The molecule has 0 unspecified atom stereocenters. The number of amides is 1. The molecule has 0 spiro atoms. The lowest BCUT2D eigenvalue weighted by Gasteiger charge is -2.37. The van der Waals surface area contributed by atoms with E-state index >= 15 is 0 Å². The van der Waals surface area contributed by atoms with Crippen molar-refractivity contribution in [3.05, 3.63) is 0 Å². The molecule has 0 bridgehead atoms. The third kappa shape index (κ3) is 3.62. The lowest BCUT2D eigenvalue weighted by Crippen LogP contribution is -2.52. The van der Waals surface area contributed by atoms with Crippen LogP contribution >= 0.6 is 0 Å². The molecule has 6 heteroatoms. The fraction of sp³-hybridized carbons (Fsp3) is 0.944. The number of rotatable bonds is 4. The standard InChI is InChI=1S/C18H31N3O3/c22-18(15-3-10-23-11-4-15)21-13-16-17(14-21)24-12-9-20(16)8-7-19-5-1-2-6-19/h15-17H,1-14H2/t16-,17+/m1/s1.